The van der Waals surface area contributed by atoms with E-state index in [0.29, 0.717) is 0 Å². The van der Waals surface area contributed by atoms with E-state index in [9.17, 15) is 13.2 Å². The van der Waals surface area contributed by atoms with Gasteiger partial charge in [0, 0.05) is 0 Å². The highest BCUT2D eigenvalue weighted by Crippen LogP contribution is 2.28. The van der Waals surface area contributed by atoms with Crippen LogP contribution >= 0.6 is 0 Å². The molecular weight excluding hydrogens is 185 g/mol. The van der Waals surface area contributed by atoms with Crippen molar-refractivity contribution >= 4 is 5.95 Å². The van der Waals surface area contributed by atoms with Gasteiger partial charge in [-0.3, -0.25) is 0 Å². The minimum Gasteiger partial charge on any atom is -0.320 e. The fraction of sp³-hybridized carbons (Fsp3) is 0.333. The van der Waals surface area contributed by atoms with Crippen LogP contribution < -0.4 is 5.32 Å². The van der Waals surface area contributed by atoms with Crippen molar-refractivity contribution in [2.24, 2.45) is 0 Å². The van der Waals surface area contributed by atoms with Gasteiger partial charge in [0.05, 0.1) is 6.54 Å². The third-order valence-electron chi connectivity index (χ3n) is 1.64. The van der Waals surface area contributed by atoms with Gasteiger partial charge in [-0.05, 0) is 6.08 Å². The molecule has 1 aliphatic rings. The Morgan fingerprint density at radius 2 is 2.23 bits per heavy atom. The summed E-state index contributed by atoms with van der Waals surface area (Å²) in [6, 6.07) is 0. The first kappa shape index (κ1) is 8.09. The third kappa shape index (κ3) is 1.36. The van der Waals surface area contributed by atoms with Crippen LogP contribution in [0.25, 0.3) is 0 Å². The molecule has 1 aromatic rings. The molecule has 0 saturated heterocycles. The molecule has 0 atom stereocenters. The molecule has 1 N–H and O–H groups in total. The fourth-order valence-corrected chi connectivity index (χ4v) is 1.03. The Kier molecular flexibility index (Phi) is 1.54. The van der Waals surface area contributed by atoms with E-state index in [1.54, 1.807) is 0 Å². The number of nitrogens with one attached hydrogen (secondary N) is 1. The molecule has 70 valence electrons. The number of hydrogen-bond donors (Lipinski definition) is 1. The highest BCUT2D eigenvalue weighted by molar-refractivity contribution is 5.39. The number of rotatable bonds is 0. The third-order valence-corrected chi connectivity index (χ3v) is 1.64. The molecule has 0 fully saturated rings. The second-order valence-electron chi connectivity index (χ2n) is 2.51. The first-order valence-corrected chi connectivity index (χ1v) is 3.49. The highest BCUT2D eigenvalue weighted by atomic mass is 19.4. The summed E-state index contributed by atoms with van der Waals surface area (Å²) in [6.45, 7) is 0.0944. The Balaban J connectivity index is 2.27. The standard InChI is InChI=1S/C6H5F3N4/c7-6(8,9)4-1-2-13-5(12-4)10-3-11-13/h1,3H,2H2,(H,10,11,12). The van der Waals surface area contributed by atoms with Crippen LogP contribution in [0.15, 0.2) is 18.1 Å². The maximum atomic E-state index is 12.2. The summed E-state index contributed by atoms with van der Waals surface area (Å²) in [4.78, 5) is 3.62. The maximum Gasteiger partial charge on any atom is 0.431 e. The van der Waals surface area contributed by atoms with Crippen LogP contribution in [0.4, 0.5) is 19.1 Å². The van der Waals surface area contributed by atoms with Gasteiger partial charge in [-0.15, -0.1) is 0 Å². The lowest BCUT2D eigenvalue weighted by atomic mass is 10.3. The molecule has 0 bridgehead atoms. The van der Waals surface area contributed by atoms with Crippen LogP contribution in [0.1, 0.15) is 0 Å². The first-order chi connectivity index (χ1) is 6.07. The Bertz CT molecular complexity index is 351. The normalized spacial score (nSPS) is 16.1. The lowest BCUT2D eigenvalue weighted by molar-refractivity contribution is -0.0909. The van der Waals surface area contributed by atoms with Crippen LogP contribution in [0.2, 0.25) is 0 Å². The summed E-state index contributed by atoms with van der Waals surface area (Å²) in [7, 11) is 0. The van der Waals surface area contributed by atoms with E-state index < -0.39 is 11.9 Å². The lowest BCUT2D eigenvalue weighted by Crippen LogP contribution is -2.25. The number of nitrogens with zero attached hydrogens (tertiary/aromatic N) is 3. The van der Waals surface area contributed by atoms with Crippen molar-refractivity contribution in [1.82, 2.24) is 14.8 Å². The molecule has 2 rings (SSSR count). The van der Waals surface area contributed by atoms with E-state index in [1.165, 1.54) is 11.0 Å². The summed E-state index contributed by atoms with van der Waals surface area (Å²) < 4.78 is 37.8. The number of alkyl halides is 3. The number of anilines is 1. The number of fused-ring (bicyclic) bond motifs is 1. The zero-order valence-corrected chi connectivity index (χ0v) is 6.34. The molecule has 0 unspecified atom stereocenters. The Morgan fingerprint density at radius 1 is 1.46 bits per heavy atom. The summed E-state index contributed by atoms with van der Waals surface area (Å²) in [5.41, 5.74) is -0.784. The molecule has 0 amide bonds. The van der Waals surface area contributed by atoms with Gasteiger partial charge in [0.1, 0.15) is 12.0 Å². The average Bonchev–Trinajstić information content (AvgIpc) is 2.47. The van der Waals surface area contributed by atoms with Gasteiger partial charge in [-0.1, -0.05) is 0 Å². The smallest absolute Gasteiger partial charge is 0.320 e. The summed E-state index contributed by atoms with van der Waals surface area (Å²) in [6.07, 6.45) is -2.12. The summed E-state index contributed by atoms with van der Waals surface area (Å²) >= 11 is 0. The Morgan fingerprint density at radius 3 is 2.92 bits per heavy atom. The van der Waals surface area contributed by atoms with Crippen molar-refractivity contribution in [1.29, 1.82) is 0 Å². The second kappa shape index (κ2) is 2.48. The number of hydrogen-bond acceptors (Lipinski definition) is 3. The van der Waals surface area contributed by atoms with Gasteiger partial charge < -0.3 is 5.32 Å². The van der Waals surface area contributed by atoms with E-state index in [4.69, 9.17) is 0 Å². The van der Waals surface area contributed by atoms with Crippen molar-refractivity contribution < 1.29 is 13.2 Å². The predicted molar refractivity (Wildman–Crippen MR) is 37.8 cm³/mol. The first-order valence-electron chi connectivity index (χ1n) is 3.49. The number of halogens is 3. The molecule has 1 aromatic heterocycles. The molecule has 2 heterocycles. The van der Waals surface area contributed by atoms with E-state index in [1.807, 2.05) is 0 Å². The zero-order chi connectivity index (χ0) is 9.47. The molecular formula is C6H5F3N4. The second-order valence-corrected chi connectivity index (χ2v) is 2.51. The quantitative estimate of drug-likeness (QED) is 0.667. The van der Waals surface area contributed by atoms with Crippen molar-refractivity contribution in [3.8, 4) is 0 Å². The average molecular weight is 190 g/mol. The fourth-order valence-electron chi connectivity index (χ4n) is 1.03. The molecule has 0 spiro atoms. The van der Waals surface area contributed by atoms with Gasteiger partial charge >= 0.3 is 6.18 Å². The summed E-state index contributed by atoms with van der Waals surface area (Å²) in [5.74, 6) is 0.120. The largest absolute Gasteiger partial charge is 0.431 e. The van der Waals surface area contributed by atoms with Crippen molar-refractivity contribution in [2.45, 2.75) is 12.7 Å². The Hall–Kier alpha value is -1.53. The molecule has 0 saturated carbocycles. The predicted octanol–water partition coefficient (Wildman–Crippen LogP) is 1.15. The maximum absolute atomic E-state index is 12.2. The lowest BCUT2D eigenvalue weighted by Gasteiger charge is -2.17. The molecule has 1 aliphatic heterocycles. The van der Waals surface area contributed by atoms with Crippen LogP contribution in [-0.4, -0.2) is 20.9 Å². The minimum absolute atomic E-state index is 0.0944. The molecule has 0 aromatic carbocycles. The minimum atomic E-state index is -4.35. The van der Waals surface area contributed by atoms with Crippen LogP contribution in [-0.2, 0) is 6.54 Å². The Labute approximate surface area is 71.1 Å². The van der Waals surface area contributed by atoms with Crippen LogP contribution in [0.5, 0.6) is 0 Å². The van der Waals surface area contributed by atoms with Gasteiger partial charge in [0.15, 0.2) is 0 Å². The SMILES string of the molecule is FC(F)(F)C1=CCn2ncnc2N1. The number of aromatic nitrogens is 3. The van der Waals surface area contributed by atoms with Gasteiger partial charge in [0.25, 0.3) is 0 Å². The highest BCUT2D eigenvalue weighted by Gasteiger charge is 2.35. The zero-order valence-electron chi connectivity index (χ0n) is 6.34. The van der Waals surface area contributed by atoms with Gasteiger partial charge in [-0.25, -0.2) is 4.68 Å². The van der Waals surface area contributed by atoms with E-state index in [2.05, 4.69) is 15.4 Å². The molecule has 13 heavy (non-hydrogen) atoms. The number of allylic oxidation sites excluding steroid dienone is 2. The summed E-state index contributed by atoms with van der Waals surface area (Å²) in [5, 5.41) is 5.85. The van der Waals surface area contributed by atoms with Crippen LogP contribution in [0, 0.1) is 0 Å². The molecule has 4 nitrogen and oxygen atoms in total. The topological polar surface area (TPSA) is 42.7 Å². The molecule has 0 radical (unpaired) electrons. The molecule has 7 heteroatoms. The monoisotopic (exact) mass is 190 g/mol. The molecule has 0 aliphatic carbocycles. The van der Waals surface area contributed by atoms with Crippen LogP contribution in [0.3, 0.4) is 0 Å². The van der Waals surface area contributed by atoms with Crippen molar-refractivity contribution in [3.63, 3.8) is 0 Å². The van der Waals surface area contributed by atoms with E-state index in [0.717, 1.165) is 6.08 Å². The van der Waals surface area contributed by atoms with Gasteiger partial charge in [-0.2, -0.15) is 23.3 Å². The van der Waals surface area contributed by atoms with Crippen molar-refractivity contribution in [2.75, 3.05) is 5.32 Å². The van der Waals surface area contributed by atoms with E-state index >= 15 is 0 Å². The van der Waals surface area contributed by atoms with Gasteiger partial charge in [0.2, 0.25) is 5.95 Å². The van der Waals surface area contributed by atoms with Crippen molar-refractivity contribution in [3.05, 3.63) is 18.1 Å². The van der Waals surface area contributed by atoms with E-state index in [-0.39, 0.29) is 12.5 Å².